The van der Waals surface area contributed by atoms with Gasteiger partial charge in [-0.1, -0.05) is 11.8 Å². The Hall–Kier alpha value is -2.98. The third-order valence-corrected chi connectivity index (χ3v) is 5.52. The quantitative estimate of drug-likeness (QED) is 0.458. The van der Waals surface area contributed by atoms with Crippen LogP contribution in [0.3, 0.4) is 0 Å². The average Bonchev–Trinajstić information content (AvgIpc) is 3.40. The van der Waals surface area contributed by atoms with Crippen molar-refractivity contribution in [3.63, 3.8) is 0 Å². The molecule has 4 rings (SSSR count). The first-order chi connectivity index (χ1) is 13.1. The molecule has 0 unspecified atom stereocenters. The fourth-order valence-electron chi connectivity index (χ4n) is 2.35. The number of carboxylic acid groups (broad SMARTS) is 1. The van der Waals surface area contributed by atoms with E-state index in [4.69, 9.17) is 4.42 Å². The van der Waals surface area contributed by atoms with E-state index in [9.17, 15) is 14.3 Å². The standard InChI is InChI=1S/C17H11FN4O3S2/c18-10-3-5-11(6-4-10)22-15(13-2-1-7-25-13)20-21-17(22)27-9-14-19-12(8-26-14)16(23)24/h1-8H,9H2,(H,23,24)/p-1. The van der Waals surface area contributed by atoms with Crippen molar-refractivity contribution in [1.29, 1.82) is 0 Å². The van der Waals surface area contributed by atoms with Crippen molar-refractivity contribution >= 4 is 29.1 Å². The third-order valence-electron chi connectivity index (χ3n) is 3.55. The summed E-state index contributed by atoms with van der Waals surface area (Å²) < 4.78 is 20.5. The predicted molar refractivity (Wildman–Crippen MR) is 95.0 cm³/mol. The molecule has 0 bridgehead atoms. The molecule has 0 atom stereocenters. The highest BCUT2D eigenvalue weighted by molar-refractivity contribution is 7.98. The van der Waals surface area contributed by atoms with Crippen LogP contribution in [0.4, 0.5) is 4.39 Å². The van der Waals surface area contributed by atoms with Gasteiger partial charge in [0.15, 0.2) is 10.9 Å². The van der Waals surface area contributed by atoms with Gasteiger partial charge in [0, 0.05) is 5.38 Å². The number of rotatable bonds is 6. The van der Waals surface area contributed by atoms with Crippen LogP contribution in [0.1, 0.15) is 15.5 Å². The van der Waals surface area contributed by atoms with Gasteiger partial charge in [-0.15, -0.1) is 21.5 Å². The molecule has 0 aliphatic heterocycles. The molecule has 7 nitrogen and oxygen atoms in total. The zero-order valence-corrected chi connectivity index (χ0v) is 15.2. The molecule has 3 heterocycles. The molecular weight excluding hydrogens is 391 g/mol. The first-order valence-electron chi connectivity index (χ1n) is 7.65. The number of carboxylic acids is 1. The van der Waals surface area contributed by atoms with Crippen LogP contribution in [0, 0.1) is 5.82 Å². The lowest BCUT2D eigenvalue weighted by Crippen LogP contribution is -2.22. The second-order valence-electron chi connectivity index (χ2n) is 5.30. The molecule has 4 aromatic rings. The minimum absolute atomic E-state index is 0.0909. The zero-order chi connectivity index (χ0) is 18.8. The molecule has 0 fully saturated rings. The van der Waals surface area contributed by atoms with Gasteiger partial charge in [-0.3, -0.25) is 4.57 Å². The van der Waals surface area contributed by atoms with E-state index in [1.54, 1.807) is 28.8 Å². The minimum atomic E-state index is -1.31. The molecule has 0 saturated heterocycles. The molecule has 0 aliphatic rings. The summed E-state index contributed by atoms with van der Waals surface area (Å²) in [4.78, 5) is 14.9. The first kappa shape index (κ1) is 17.4. The Bertz CT molecular complexity index is 1070. The number of hydrogen-bond donors (Lipinski definition) is 0. The van der Waals surface area contributed by atoms with Crippen LogP contribution in [0.15, 0.2) is 57.6 Å². The molecule has 10 heteroatoms. The van der Waals surface area contributed by atoms with Gasteiger partial charge in [-0.25, -0.2) is 9.37 Å². The van der Waals surface area contributed by atoms with Gasteiger partial charge >= 0.3 is 0 Å². The molecule has 0 radical (unpaired) electrons. The number of carbonyl (C=O) groups excluding carboxylic acids is 1. The fraction of sp³-hybridized carbons (Fsp3) is 0.0588. The normalized spacial score (nSPS) is 11.0. The lowest BCUT2D eigenvalue weighted by atomic mass is 10.3. The van der Waals surface area contributed by atoms with E-state index in [-0.39, 0.29) is 11.5 Å². The Balaban J connectivity index is 1.67. The second-order valence-corrected chi connectivity index (χ2v) is 7.18. The molecule has 27 heavy (non-hydrogen) atoms. The summed E-state index contributed by atoms with van der Waals surface area (Å²) in [6.07, 6.45) is 1.53. The number of hydrogen-bond acceptors (Lipinski definition) is 8. The van der Waals surface area contributed by atoms with Crippen molar-refractivity contribution in [3.05, 3.63) is 64.6 Å². The van der Waals surface area contributed by atoms with Crippen LogP contribution in [-0.4, -0.2) is 25.7 Å². The largest absolute Gasteiger partial charge is 0.543 e. The van der Waals surface area contributed by atoms with Gasteiger partial charge in [0.1, 0.15) is 10.8 Å². The molecule has 0 saturated carbocycles. The summed E-state index contributed by atoms with van der Waals surface area (Å²) in [5, 5.41) is 21.8. The van der Waals surface area contributed by atoms with Crippen LogP contribution >= 0.6 is 23.1 Å². The molecule has 0 N–H and O–H groups in total. The zero-order valence-electron chi connectivity index (χ0n) is 13.5. The number of nitrogens with zero attached hydrogens (tertiary/aromatic N) is 4. The van der Waals surface area contributed by atoms with E-state index in [1.807, 2.05) is 0 Å². The van der Waals surface area contributed by atoms with Crippen molar-refractivity contribution in [2.24, 2.45) is 0 Å². The number of benzene rings is 1. The van der Waals surface area contributed by atoms with Crippen LogP contribution in [0.2, 0.25) is 0 Å². The number of thiazole rings is 1. The number of thioether (sulfide) groups is 1. The maximum absolute atomic E-state index is 13.3. The number of carbonyl (C=O) groups is 1. The topological polar surface area (TPSA) is 96.9 Å². The molecule has 0 spiro atoms. The fourth-order valence-corrected chi connectivity index (χ4v) is 4.08. The highest BCUT2D eigenvalue weighted by Gasteiger charge is 2.18. The lowest BCUT2D eigenvalue weighted by molar-refractivity contribution is -0.255. The van der Waals surface area contributed by atoms with E-state index < -0.39 is 5.97 Å². The molecular formula is C17H10FN4O3S2-. The van der Waals surface area contributed by atoms with Crippen LogP contribution in [0.25, 0.3) is 17.3 Å². The maximum Gasteiger partial charge on any atom is 0.205 e. The van der Waals surface area contributed by atoms with E-state index in [2.05, 4.69) is 15.2 Å². The van der Waals surface area contributed by atoms with Crippen LogP contribution < -0.4 is 5.11 Å². The van der Waals surface area contributed by atoms with Gasteiger partial charge in [0.2, 0.25) is 5.82 Å². The number of aromatic nitrogens is 4. The van der Waals surface area contributed by atoms with Crippen molar-refractivity contribution in [2.75, 3.05) is 0 Å². The highest BCUT2D eigenvalue weighted by Crippen LogP contribution is 2.30. The lowest BCUT2D eigenvalue weighted by Gasteiger charge is -2.08. The average molecular weight is 401 g/mol. The molecule has 3 aromatic heterocycles. The summed E-state index contributed by atoms with van der Waals surface area (Å²) in [5.74, 6) is -0.263. The van der Waals surface area contributed by atoms with E-state index in [0.717, 1.165) is 0 Å². The minimum Gasteiger partial charge on any atom is -0.543 e. The smallest absolute Gasteiger partial charge is 0.205 e. The van der Waals surface area contributed by atoms with Gasteiger partial charge in [-0.05, 0) is 36.4 Å². The van der Waals surface area contributed by atoms with Crippen molar-refractivity contribution in [3.8, 4) is 17.3 Å². The molecule has 0 aliphatic carbocycles. The Labute approximate surface area is 160 Å². The van der Waals surface area contributed by atoms with E-state index in [1.165, 1.54) is 46.9 Å². The van der Waals surface area contributed by atoms with Gasteiger partial charge in [0.25, 0.3) is 0 Å². The Morgan fingerprint density at radius 3 is 2.74 bits per heavy atom. The second kappa shape index (κ2) is 7.33. The molecule has 1 aromatic carbocycles. The Morgan fingerprint density at radius 2 is 2.07 bits per heavy atom. The summed E-state index contributed by atoms with van der Waals surface area (Å²) in [7, 11) is 0. The van der Waals surface area contributed by atoms with Crippen molar-refractivity contribution in [2.45, 2.75) is 10.9 Å². The predicted octanol–water partition coefficient (Wildman–Crippen LogP) is 2.78. The Morgan fingerprint density at radius 1 is 1.26 bits per heavy atom. The van der Waals surface area contributed by atoms with Crippen molar-refractivity contribution < 1.29 is 18.7 Å². The van der Waals surface area contributed by atoms with E-state index >= 15 is 0 Å². The number of aromatic carboxylic acids is 1. The molecule has 0 amide bonds. The van der Waals surface area contributed by atoms with Gasteiger partial charge in [-0.2, -0.15) is 0 Å². The van der Waals surface area contributed by atoms with Crippen molar-refractivity contribution in [1.82, 2.24) is 19.7 Å². The van der Waals surface area contributed by atoms with Gasteiger partial charge < -0.3 is 14.3 Å². The summed E-state index contributed by atoms with van der Waals surface area (Å²) >= 11 is 2.56. The summed E-state index contributed by atoms with van der Waals surface area (Å²) in [5.41, 5.74) is 0.580. The first-order valence-corrected chi connectivity index (χ1v) is 9.52. The highest BCUT2D eigenvalue weighted by atomic mass is 32.2. The van der Waals surface area contributed by atoms with Crippen LogP contribution in [0.5, 0.6) is 0 Å². The number of halogens is 1. The summed E-state index contributed by atoms with van der Waals surface area (Å²) in [6, 6.07) is 9.43. The molecule has 136 valence electrons. The van der Waals surface area contributed by atoms with E-state index in [0.29, 0.717) is 33.2 Å². The van der Waals surface area contributed by atoms with Gasteiger partial charge in [0.05, 0.1) is 29.4 Å². The van der Waals surface area contributed by atoms with Crippen LogP contribution in [-0.2, 0) is 5.75 Å². The maximum atomic E-state index is 13.3. The SMILES string of the molecule is O=C([O-])c1csc(CSc2nnc(-c3ccco3)n2-c2ccc(F)cc2)n1. The summed E-state index contributed by atoms with van der Waals surface area (Å²) in [6.45, 7) is 0. The number of furan rings is 1. The Kier molecular flexibility index (Phi) is 4.73. The monoisotopic (exact) mass is 401 g/mol. The third kappa shape index (κ3) is 3.62.